The Kier molecular flexibility index (Phi) is 5.25. The van der Waals surface area contributed by atoms with Gasteiger partial charge in [0.15, 0.2) is 0 Å². The Morgan fingerprint density at radius 3 is 2.64 bits per heavy atom. The van der Waals surface area contributed by atoms with Crippen LogP contribution in [0, 0.1) is 0 Å². The predicted octanol–water partition coefficient (Wildman–Crippen LogP) is 3.62. The average molecular weight is 359 g/mol. The van der Waals surface area contributed by atoms with Gasteiger partial charge in [-0.25, -0.2) is 0 Å². The molecule has 2 fully saturated rings. The molecule has 5 heteroatoms. The molecule has 0 N–H and O–H groups in total. The summed E-state index contributed by atoms with van der Waals surface area (Å²) in [6, 6.07) is 10.2. The molecular weight excluding hydrogens is 332 g/mol. The van der Waals surface area contributed by atoms with Crippen molar-refractivity contribution in [1.82, 2.24) is 9.80 Å². The number of rotatable bonds is 7. The van der Waals surface area contributed by atoms with Gasteiger partial charge < -0.3 is 9.47 Å². The highest BCUT2D eigenvalue weighted by Crippen LogP contribution is 2.25. The number of benzene rings is 1. The molecule has 2 saturated heterocycles. The molecule has 1 aromatic heterocycles. The van der Waals surface area contributed by atoms with Crippen LogP contribution in [0.2, 0.25) is 0 Å². The molecule has 2 aliphatic heterocycles. The highest BCUT2D eigenvalue weighted by molar-refractivity contribution is 7.10. The van der Waals surface area contributed by atoms with Crippen molar-refractivity contribution in [2.24, 2.45) is 0 Å². The molecule has 0 spiro atoms. The molecule has 25 heavy (non-hydrogen) atoms. The Morgan fingerprint density at radius 1 is 1.04 bits per heavy atom. The lowest BCUT2D eigenvalue weighted by Crippen LogP contribution is -2.52. The van der Waals surface area contributed by atoms with E-state index in [2.05, 4.69) is 21.2 Å². The fourth-order valence-corrected chi connectivity index (χ4v) is 4.53. The van der Waals surface area contributed by atoms with Crippen LogP contribution in [-0.4, -0.2) is 49.2 Å². The number of likely N-dealkylation sites (tertiary alicyclic amines) is 2. The quantitative estimate of drug-likeness (QED) is 0.755. The van der Waals surface area contributed by atoms with Crippen LogP contribution in [0.1, 0.15) is 23.3 Å². The molecule has 0 bridgehead atoms. The number of hydrogen-bond donors (Lipinski definition) is 0. The molecule has 2 aliphatic rings. The molecule has 0 radical (unpaired) electrons. The lowest BCUT2D eigenvalue weighted by molar-refractivity contribution is 0.0151. The summed E-state index contributed by atoms with van der Waals surface area (Å²) in [5.74, 6) is 1.74. The van der Waals surface area contributed by atoms with Crippen molar-refractivity contribution in [1.29, 1.82) is 0 Å². The van der Waals surface area contributed by atoms with Crippen molar-refractivity contribution in [2.75, 3.05) is 33.3 Å². The highest BCUT2D eigenvalue weighted by Gasteiger charge is 2.28. The molecule has 0 saturated carbocycles. The van der Waals surface area contributed by atoms with E-state index < -0.39 is 0 Å². The first kappa shape index (κ1) is 16.9. The smallest absolute Gasteiger partial charge is 0.124 e. The van der Waals surface area contributed by atoms with Gasteiger partial charge >= 0.3 is 0 Å². The van der Waals surface area contributed by atoms with E-state index >= 15 is 0 Å². The molecule has 2 aromatic rings. The van der Waals surface area contributed by atoms with E-state index in [0.29, 0.717) is 0 Å². The fraction of sp³-hybridized carbons (Fsp3) is 0.500. The van der Waals surface area contributed by atoms with Gasteiger partial charge in [-0.05, 0) is 55.1 Å². The lowest BCUT2D eigenvalue weighted by Gasteiger charge is -2.38. The van der Waals surface area contributed by atoms with Crippen molar-refractivity contribution in [3.05, 3.63) is 46.2 Å². The zero-order valence-corrected chi connectivity index (χ0v) is 15.6. The zero-order valence-electron chi connectivity index (χ0n) is 14.8. The maximum absolute atomic E-state index is 6.03. The predicted molar refractivity (Wildman–Crippen MR) is 102 cm³/mol. The Hall–Kier alpha value is -1.56. The van der Waals surface area contributed by atoms with E-state index in [-0.39, 0.29) is 6.10 Å². The van der Waals surface area contributed by atoms with Crippen molar-refractivity contribution in [3.8, 4) is 11.5 Å². The van der Waals surface area contributed by atoms with E-state index in [1.165, 1.54) is 36.4 Å². The van der Waals surface area contributed by atoms with E-state index in [9.17, 15) is 0 Å². The first-order valence-corrected chi connectivity index (χ1v) is 9.98. The summed E-state index contributed by atoms with van der Waals surface area (Å²) in [7, 11) is 1.68. The van der Waals surface area contributed by atoms with Gasteiger partial charge in [-0.2, -0.15) is 0 Å². The van der Waals surface area contributed by atoms with Crippen LogP contribution >= 0.6 is 11.3 Å². The number of thiophene rings is 1. The van der Waals surface area contributed by atoms with Gasteiger partial charge in [0.25, 0.3) is 0 Å². The van der Waals surface area contributed by atoms with Crippen LogP contribution in [-0.2, 0) is 13.1 Å². The minimum absolute atomic E-state index is 0.288. The summed E-state index contributed by atoms with van der Waals surface area (Å²) in [5.41, 5.74) is 1.48. The molecule has 4 nitrogen and oxygen atoms in total. The second-order valence-electron chi connectivity index (χ2n) is 7.02. The van der Waals surface area contributed by atoms with Crippen LogP contribution < -0.4 is 9.47 Å². The summed E-state index contributed by atoms with van der Waals surface area (Å²) in [5, 5.41) is 2.33. The third-order valence-electron chi connectivity index (χ3n) is 4.96. The standard InChI is InChI=1S/C20H26N2O2S/c1-23-17-5-4-6-18(10-17)24-19-12-22(13-19)14-20-9-16(15-25-20)11-21-7-2-3-8-21/h4-6,9-10,15,19H,2-3,7-8,11-14H2,1H3. The molecule has 0 unspecified atom stereocenters. The second kappa shape index (κ2) is 7.77. The van der Waals surface area contributed by atoms with E-state index in [0.717, 1.165) is 37.7 Å². The van der Waals surface area contributed by atoms with Crippen LogP contribution in [0.4, 0.5) is 0 Å². The van der Waals surface area contributed by atoms with Gasteiger partial charge in [-0.1, -0.05) is 6.07 Å². The molecule has 0 aliphatic carbocycles. The normalized spacial score (nSPS) is 19.1. The van der Waals surface area contributed by atoms with E-state index in [1.807, 2.05) is 35.6 Å². The summed E-state index contributed by atoms with van der Waals surface area (Å²) in [6.45, 7) is 6.69. The molecule has 1 aromatic carbocycles. The Labute approximate surface area is 154 Å². The lowest BCUT2D eigenvalue weighted by atomic mass is 10.1. The van der Waals surface area contributed by atoms with Crippen LogP contribution in [0.25, 0.3) is 0 Å². The first-order chi connectivity index (χ1) is 12.3. The van der Waals surface area contributed by atoms with Gasteiger partial charge in [-0.15, -0.1) is 11.3 Å². The Balaban J connectivity index is 1.22. The number of methoxy groups -OCH3 is 1. The van der Waals surface area contributed by atoms with Crippen LogP contribution in [0.15, 0.2) is 35.7 Å². The third-order valence-corrected chi connectivity index (χ3v) is 5.93. The van der Waals surface area contributed by atoms with Crippen molar-refractivity contribution >= 4 is 11.3 Å². The fourth-order valence-electron chi connectivity index (χ4n) is 3.60. The molecule has 3 heterocycles. The molecule has 134 valence electrons. The maximum Gasteiger partial charge on any atom is 0.124 e. The molecular formula is C20H26N2O2S. The van der Waals surface area contributed by atoms with Crippen molar-refractivity contribution < 1.29 is 9.47 Å². The van der Waals surface area contributed by atoms with E-state index in [4.69, 9.17) is 9.47 Å². The summed E-state index contributed by atoms with van der Waals surface area (Å²) < 4.78 is 11.3. The topological polar surface area (TPSA) is 24.9 Å². The summed E-state index contributed by atoms with van der Waals surface area (Å²) in [4.78, 5) is 6.48. The highest BCUT2D eigenvalue weighted by atomic mass is 32.1. The van der Waals surface area contributed by atoms with Gasteiger partial charge in [0.05, 0.1) is 7.11 Å². The van der Waals surface area contributed by atoms with Gasteiger partial charge in [0, 0.05) is 37.1 Å². The van der Waals surface area contributed by atoms with Crippen molar-refractivity contribution in [3.63, 3.8) is 0 Å². The molecule has 0 amide bonds. The molecule has 0 atom stereocenters. The minimum atomic E-state index is 0.288. The zero-order chi connectivity index (χ0) is 17.1. The first-order valence-electron chi connectivity index (χ1n) is 9.10. The summed E-state index contributed by atoms with van der Waals surface area (Å²) in [6.07, 6.45) is 3.01. The van der Waals surface area contributed by atoms with Crippen LogP contribution in [0.5, 0.6) is 11.5 Å². The van der Waals surface area contributed by atoms with Gasteiger partial charge in [-0.3, -0.25) is 9.80 Å². The summed E-state index contributed by atoms with van der Waals surface area (Å²) >= 11 is 1.89. The minimum Gasteiger partial charge on any atom is -0.497 e. The molecule has 4 rings (SSSR count). The Bertz CT molecular complexity index is 691. The Morgan fingerprint density at radius 2 is 1.84 bits per heavy atom. The maximum atomic E-state index is 6.03. The second-order valence-corrected chi connectivity index (χ2v) is 8.01. The monoisotopic (exact) mass is 358 g/mol. The van der Waals surface area contributed by atoms with Gasteiger partial charge in [0.1, 0.15) is 17.6 Å². The van der Waals surface area contributed by atoms with Gasteiger partial charge in [0.2, 0.25) is 0 Å². The van der Waals surface area contributed by atoms with Crippen molar-refractivity contribution in [2.45, 2.75) is 32.0 Å². The largest absolute Gasteiger partial charge is 0.497 e. The van der Waals surface area contributed by atoms with E-state index in [1.54, 1.807) is 7.11 Å². The number of hydrogen-bond acceptors (Lipinski definition) is 5. The van der Waals surface area contributed by atoms with Crippen LogP contribution in [0.3, 0.4) is 0 Å². The average Bonchev–Trinajstić information content (AvgIpc) is 3.25. The number of ether oxygens (including phenoxy) is 2. The SMILES string of the molecule is COc1cccc(OC2CN(Cc3cc(CN4CCCC4)cs3)C2)c1. The number of nitrogens with zero attached hydrogens (tertiary/aromatic N) is 2. The third kappa shape index (κ3) is 4.35.